The van der Waals surface area contributed by atoms with E-state index in [9.17, 15) is 9.18 Å². The molecule has 4 rings (SSSR count). The lowest BCUT2D eigenvalue weighted by Crippen LogP contribution is -2.21. The SMILES string of the molecule is CC(C)C(C(=O)OCc1ccc(F)c(Cc2ccccc2)c1)c1cnc(C2CC2)nc1. The van der Waals surface area contributed by atoms with Gasteiger partial charge in [0.15, 0.2) is 0 Å². The van der Waals surface area contributed by atoms with Gasteiger partial charge in [-0.3, -0.25) is 4.79 Å². The largest absolute Gasteiger partial charge is 0.460 e. The number of carbonyl (C=O) groups is 1. The third kappa shape index (κ3) is 5.35. The monoisotopic (exact) mass is 418 g/mol. The number of aromatic nitrogens is 2. The lowest BCUT2D eigenvalue weighted by molar-refractivity contribution is -0.148. The second-order valence-electron chi connectivity index (χ2n) is 8.57. The van der Waals surface area contributed by atoms with Crippen molar-refractivity contribution in [3.63, 3.8) is 0 Å². The maximum Gasteiger partial charge on any atom is 0.314 e. The Morgan fingerprint density at radius 1 is 1.06 bits per heavy atom. The van der Waals surface area contributed by atoms with Crippen LogP contribution in [0.4, 0.5) is 4.39 Å². The summed E-state index contributed by atoms with van der Waals surface area (Å²) in [4.78, 5) is 21.8. The highest BCUT2D eigenvalue weighted by molar-refractivity contribution is 5.78. The molecule has 31 heavy (non-hydrogen) atoms. The van der Waals surface area contributed by atoms with Gasteiger partial charge >= 0.3 is 5.97 Å². The molecule has 2 aromatic carbocycles. The van der Waals surface area contributed by atoms with Crippen LogP contribution in [0.1, 0.15) is 66.6 Å². The summed E-state index contributed by atoms with van der Waals surface area (Å²) in [5.41, 5.74) is 3.16. The van der Waals surface area contributed by atoms with Gasteiger partial charge in [-0.15, -0.1) is 0 Å². The molecule has 1 fully saturated rings. The fourth-order valence-electron chi connectivity index (χ4n) is 3.77. The van der Waals surface area contributed by atoms with Crippen LogP contribution in [0.5, 0.6) is 0 Å². The molecule has 4 nitrogen and oxygen atoms in total. The third-order valence-electron chi connectivity index (χ3n) is 5.64. The van der Waals surface area contributed by atoms with Gasteiger partial charge < -0.3 is 4.74 Å². The summed E-state index contributed by atoms with van der Waals surface area (Å²) in [6.45, 7) is 4.07. The van der Waals surface area contributed by atoms with Crippen molar-refractivity contribution >= 4 is 5.97 Å². The third-order valence-corrected chi connectivity index (χ3v) is 5.64. The average molecular weight is 419 g/mol. The highest BCUT2D eigenvalue weighted by Crippen LogP contribution is 2.38. The summed E-state index contributed by atoms with van der Waals surface area (Å²) < 4.78 is 19.9. The average Bonchev–Trinajstić information content (AvgIpc) is 3.61. The summed E-state index contributed by atoms with van der Waals surface area (Å²) in [5, 5.41) is 0. The number of rotatable bonds is 8. The summed E-state index contributed by atoms with van der Waals surface area (Å²) in [5.74, 6) is 0.375. The zero-order valence-electron chi connectivity index (χ0n) is 17.9. The van der Waals surface area contributed by atoms with E-state index in [1.807, 2.05) is 44.2 Å². The molecule has 0 spiro atoms. The van der Waals surface area contributed by atoms with Crippen LogP contribution in [0.3, 0.4) is 0 Å². The van der Waals surface area contributed by atoms with Gasteiger partial charge in [0.25, 0.3) is 0 Å². The summed E-state index contributed by atoms with van der Waals surface area (Å²) in [6.07, 6.45) is 6.27. The van der Waals surface area contributed by atoms with Gasteiger partial charge in [0, 0.05) is 30.3 Å². The molecule has 0 radical (unpaired) electrons. The molecule has 0 saturated heterocycles. The van der Waals surface area contributed by atoms with Gasteiger partial charge in [-0.1, -0.05) is 50.2 Å². The molecule has 0 bridgehead atoms. The Hall–Kier alpha value is -3.08. The molecule has 1 aliphatic carbocycles. The first-order valence-corrected chi connectivity index (χ1v) is 10.8. The van der Waals surface area contributed by atoms with E-state index in [2.05, 4.69) is 9.97 Å². The molecule has 1 unspecified atom stereocenters. The number of nitrogens with zero attached hydrogens (tertiary/aromatic N) is 2. The first-order valence-electron chi connectivity index (χ1n) is 10.8. The molecule has 1 aromatic heterocycles. The molecule has 1 saturated carbocycles. The molecular formula is C26H27FN2O2. The second kappa shape index (κ2) is 9.38. The van der Waals surface area contributed by atoms with Gasteiger partial charge in [0.2, 0.25) is 0 Å². The van der Waals surface area contributed by atoms with Crippen LogP contribution in [-0.4, -0.2) is 15.9 Å². The summed E-state index contributed by atoms with van der Waals surface area (Å²) in [6, 6.07) is 14.6. The van der Waals surface area contributed by atoms with Gasteiger partial charge in [0.05, 0.1) is 5.92 Å². The minimum Gasteiger partial charge on any atom is -0.460 e. The molecule has 1 aliphatic rings. The Bertz CT molecular complexity index is 1030. The van der Waals surface area contributed by atoms with E-state index in [1.54, 1.807) is 24.5 Å². The maximum absolute atomic E-state index is 14.3. The van der Waals surface area contributed by atoms with Crippen molar-refractivity contribution in [3.8, 4) is 0 Å². The number of benzene rings is 2. The molecule has 5 heteroatoms. The van der Waals surface area contributed by atoms with E-state index in [0.29, 0.717) is 17.9 Å². The molecule has 1 heterocycles. The summed E-state index contributed by atoms with van der Waals surface area (Å²) >= 11 is 0. The van der Waals surface area contributed by atoms with Crippen LogP contribution in [0.15, 0.2) is 60.9 Å². The van der Waals surface area contributed by atoms with Crippen molar-refractivity contribution in [3.05, 3.63) is 94.8 Å². The van der Waals surface area contributed by atoms with E-state index >= 15 is 0 Å². The maximum atomic E-state index is 14.3. The van der Waals surface area contributed by atoms with Crippen molar-refractivity contribution < 1.29 is 13.9 Å². The van der Waals surface area contributed by atoms with Crippen LogP contribution in [0, 0.1) is 11.7 Å². The molecule has 0 amide bonds. The first kappa shape index (κ1) is 21.2. The Morgan fingerprint density at radius 2 is 1.77 bits per heavy atom. The number of esters is 1. The minimum absolute atomic E-state index is 0.0461. The zero-order chi connectivity index (χ0) is 21.8. The lowest BCUT2D eigenvalue weighted by Gasteiger charge is -2.19. The first-order chi connectivity index (χ1) is 15.0. The predicted octanol–water partition coefficient (Wildman–Crippen LogP) is 5.57. The highest BCUT2D eigenvalue weighted by Gasteiger charge is 2.29. The number of carbonyl (C=O) groups excluding carboxylic acids is 1. The van der Waals surface area contributed by atoms with Crippen molar-refractivity contribution in [1.29, 1.82) is 0 Å². The number of halogens is 1. The van der Waals surface area contributed by atoms with Crippen LogP contribution in [0.25, 0.3) is 0 Å². The molecule has 0 aliphatic heterocycles. The Morgan fingerprint density at radius 3 is 2.42 bits per heavy atom. The van der Waals surface area contributed by atoms with Gasteiger partial charge in [-0.25, -0.2) is 14.4 Å². The summed E-state index contributed by atoms with van der Waals surface area (Å²) in [7, 11) is 0. The molecular weight excluding hydrogens is 391 g/mol. The fraction of sp³-hybridized carbons (Fsp3) is 0.346. The van der Waals surface area contributed by atoms with E-state index < -0.39 is 5.92 Å². The van der Waals surface area contributed by atoms with Crippen LogP contribution < -0.4 is 0 Å². The standard InChI is InChI=1S/C26H27FN2O2/c1-17(2)24(22-14-28-25(29-15-22)20-9-10-20)26(30)31-16-19-8-11-23(27)21(13-19)12-18-6-4-3-5-7-18/h3-8,11,13-15,17,20,24H,9-10,12,16H2,1-2H3. The number of hydrogen-bond donors (Lipinski definition) is 0. The normalized spacial score (nSPS) is 14.5. The molecule has 160 valence electrons. The Labute approximate surface area is 182 Å². The number of ether oxygens (including phenoxy) is 1. The highest BCUT2D eigenvalue weighted by atomic mass is 19.1. The van der Waals surface area contributed by atoms with Gasteiger partial charge in [-0.2, -0.15) is 0 Å². The van der Waals surface area contributed by atoms with E-state index in [0.717, 1.165) is 35.4 Å². The molecule has 3 aromatic rings. The van der Waals surface area contributed by atoms with E-state index in [4.69, 9.17) is 4.74 Å². The van der Waals surface area contributed by atoms with Crippen LogP contribution in [0.2, 0.25) is 0 Å². The van der Waals surface area contributed by atoms with Crippen LogP contribution >= 0.6 is 0 Å². The number of hydrogen-bond acceptors (Lipinski definition) is 4. The van der Waals surface area contributed by atoms with Gasteiger partial charge in [0.1, 0.15) is 18.2 Å². The zero-order valence-corrected chi connectivity index (χ0v) is 17.9. The fourth-order valence-corrected chi connectivity index (χ4v) is 3.77. The lowest BCUT2D eigenvalue weighted by atomic mass is 9.90. The van der Waals surface area contributed by atoms with Crippen LogP contribution in [-0.2, 0) is 22.6 Å². The topological polar surface area (TPSA) is 52.1 Å². The minimum atomic E-state index is -0.433. The quantitative estimate of drug-likeness (QED) is 0.449. The van der Waals surface area contributed by atoms with Crippen molar-refractivity contribution in [2.24, 2.45) is 5.92 Å². The van der Waals surface area contributed by atoms with Crippen molar-refractivity contribution in [1.82, 2.24) is 9.97 Å². The Kier molecular flexibility index (Phi) is 6.40. The Balaban J connectivity index is 1.43. The van der Waals surface area contributed by atoms with Crippen molar-refractivity contribution in [2.75, 3.05) is 0 Å². The van der Waals surface area contributed by atoms with Crippen molar-refractivity contribution in [2.45, 2.75) is 51.6 Å². The van der Waals surface area contributed by atoms with E-state index in [1.165, 1.54) is 6.07 Å². The second-order valence-corrected chi connectivity index (χ2v) is 8.57. The van der Waals surface area contributed by atoms with E-state index in [-0.39, 0.29) is 24.3 Å². The predicted molar refractivity (Wildman–Crippen MR) is 117 cm³/mol. The smallest absolute Gasteiger partial charge is 0.314 e. The molecule has 1 atom stereocenters. The molecule has 0 N–H and O–H groups in total. The van der Waals surface area contributed by atoms with Gasteiger partial charge in [-0.05, 0) is 47.6 Å².